The van der Waals surface area contributed by atoms with Gasteiger partial charge in [0.25, 0.3) is 0 Å². The summed E-state index contributed by atoms with van der Waals surface area (Å²) in [5, 5.41) is 0. The fourth-order valence-electron chi connectivity index (χ4n) is 2.27. The first-order chi connectivity index (χ1) is 10.5. The van der Waals surface area contributed by atoms with Crippen LogP contribution in [0.15, 0.2) is 65.6 Å². The minimum absolute atomic E-state index is 0.0204. The molecule has 6 heteroatoms. The number of rotatable bonds is 6. The number of hydrogen-bond acceptors (Lipinski definition) is 4. The molecule has 5 nitrogen and oxygen atoms in total. The number of amides is 1. The molecule has 3 N–H and O–H groups in total. The largest absolute Gasteiger partial charge is 0.294 e. The highest BCUT2D eigenvalue weighted by Gasteiger charge is 2.24. The van der Waals surface area contributed by atoms with E-state index in [0.717, 1.165) is 5.56 Å². The van der Waals surface area contributed by atoms with Crippen molar-refractivity contribution < 1.29 is 13.2 Å². The molecule has 116 valence electrons. The number of hydrazine groups is 1. The number of nitrogens with one attached hydrogen (secondary N) is 1. The average molecular weight is 318 g/mol. The lowest BCUT2D eigenvalue weighted by Crippen LogP contribution is -2.32. The molecule has 0 spiro atoms. The van der Waals surface area contributed by atoms with Crippen LogP contribution in [0.2, 0.25) is 0 Å². The Morgan fingerprint density at radius 3 is 2.09 bits per heavy atom. The Balaban J connectivity index is 2.28. The van der Waals surface area contributed by atoms with E-state index in [0.29, 0.717) is 0 Å². The molecule has 0 aromatic heterocycles. The molecule has 2 aromatic rings. The minimum atomic E-state index is -3.48. The van der Waals surface area contributed by atoms with E-state index in [2.05, 4.69) is 5.43 Å². The molecule has 2 rings (SSSR count). The van der Waals surface area contributed by atoms with Crippen LogP contribution in [0.25, 0.3) is 0 Å². The van der Waals surface area contributed by atoms with Gasteiger partial charge in [-0.1, -0.05) is 48.5 Å². The van der Waals surface area contributed by atoms with Gasteiger partial charge < -0.3 is 0 Å². The predicted molar refractivity (Wildman–Crippen MR) is 84.6 cm³/mol. The number of carbonyl (C=O) groups excluding carboxylic acids is 1. The van der Waals surface area contributed by atoms with E-state index in [4.69, 9.17) is 5.84 Å². The van der Waals surface area contributed by atoms with Crippen molar-refractivity contribution in [3.8, 4) is 0 Å². The summed E-state index contributed by atoms with van der Waals surface area (Å²) in [4.78, 5) is 11.8. The normalized spacial score (nSPS) is 12.6. The summed E-state index contributed by atoms with van der Waals surface area (Å²) in [6.07, 6.45) is 0.0204. The zero-order chi connectivity index (χ0) is 16.0. The maximum Gasteiger partial charge on any atom is 0.234 e. The van der Waals surface area contributed by atoms with Crippen LogP contribution in [-0.4, -0.2) is 20.1 Å². The Bertz CT molecular complexity index is 716. The Morgan fingerprint density at radius 1 is 1.00 bits per heavy atom. The Labute approximate surface area is 130 Å². The number of carbonyl (C=O) groups is 1. The number of hydrogen-bond donors (Lipinski definition) is 2. The van der Waals surface area contributed by atoms with Crippen LogP contribution in [-0.2, 0) is 14.6 Å². The maximum absolute atomic E-state index is 12.5. The highest BCUT2D eigenvalue weighted by atomic mass is 32.2. The van der Waals surface area contributed by atoms with Gasteiger partial charge >= 0.3 is 0 Å². The van der Waals surface area contributed by atoms with Gasteiger partial charge in [0.15, 0.2) is 9.84 Å². The summed E-state index contributed by atoms with van der Waals surface area (Å²) in [7, 11) is -3.48. The van der Waals surface area contributed by atoms with E-state index in [1.165, 1.54) is 0 Å². The van der Waals surface area contributed by atoms with Crippen LogP contribution in [0.1, 0.15) is 17.9 Å². The lowest BCUT2D eigenvalue weighted by atomic mass is 9.97. The number of nitrogens with two attached hydrogens (primary N) is 1. The van der Waals surface area contributed by atoms with Gasteiger partial charge in [-0.3, -0.25) is 10.2 Å². The van der Waals surface area contributed by atoms with Crippen molar-refractivity contribution in [2.24, 2.45) is 5.84 Å². The van der Waals surface area contributed by atoms with Crippen molar-refractivity contribution in [3.05, 3.63) is 66.2 Å². The molecule has 0 aliphatic rings. The third kappa shape index (κ3) is 4.16. The molecule has 0 saturated carbocycles. The SMILES string of the molecule is NNC(=O)CC(CS(=O)(=O)c1ccccc1)c1ccccc1. The summed E-state index contributed by atoms with van der Waals surface area (Å²) >= 11 is 0. The van der Waals surface area contributed by atoms with Gasteiger partial charge in [0, 0.05) is 12.3 Å². The summed E-state index contributed by atoms with van der Waals surface area (Å²) in [6.45, 7) is 0. The quantitative estimate of drug-likeness (QED) is 0.481. The summed E-state index contributed by atoms with van der Waals surface area (Å²) in [6, 6.07) is 17.3. The van der Waals surface area contributed by atoms with Gasteiger partial charge in [0.1, 0.15) is 0 Å². The number of sulfone groups is 1. The third-order valence-corrected chi connectivity index (χ3v) is 5.22. The molecule has 0 fully saturated rings. The lowest BCUT2D eigenvalue weighted by Gasteiger charge is -2.17. The Kier molecular flexibility index (Phi) is 5.30. The fourth-order valence-corrected chi connectivity index (χ4v) is 3.87. The fraction of sp³-hybridized carbons (Fsp3) is 0.188. The molecule has 22 heavy (non-hydrogen) atoms. The van der Waals surface area contributed by atoms with Crippen LogP contribution >= 0.6 is 0 Å². The van der Waals surface area contributed by atoms with Crippen LogP contribution < -0.4 is 11.3 Å². The predicted octanol–water partition coefficient (Wildman–Crippen LogP) is 1.62. The van der Waals surface area contributed by atoms with Crippen LogP contribution in [0.5, 0.6) is 0 Å². The third-order valence-electron chi connectivity index (χ3n) is 3.39. The van der Waals surface area contributed by atoms with E-state index >= 15 is 0 Å². The van der Waals surface area contributed by atoms with Crippen LogP contribution in [0, 0.1) is 0 Å². The molecule has 0 aliphatic heterocycles. The van der Waals surface area contributed by atoms with Crippen LogP contribution in [0.3, 0.4) is 0 Å². The van der Waals surface area contributed by atoms with E-state index in [1.807, 2.05) is 30.3 Å². The monoisotopic (exact) mass is 318 g/mol. The van der Waals surface area contributed by atoms with Crippen molar-refractivity contribution >= 4 is 15.7 Å². The topological polar surface area (TPSA) is 89.3 Å². The Morgan fingerprint density at radius 2 is 1.55 bits per heavy atom. The van der Waals surface area contributed by atoms with Gasteiger partial charge in [-0.2, -0.15) is 0 Å². The first-order valence-corrected chi connectivity index (χ1v) is 8.50. The first kappa shape index (κ1) is 16.2. The highest BCUT2D eigenvalue weighted by molar-refractivity contribution is 7.91. The highest BCUT2D eigenvalue weighted by Crippen LogP contribution is 2.24. The van der Waals surface area contributed by atoms with Crippen molar-refractivity contribution in [2.75, 3.05) is 5.75 Å². The lowest BCUT2D eigenvalue weighted by molar-refractivity contribution is -0.121. The first-order valence-electron chi connectivity index (χ1n) is 6.85. The second-order valence-corrected chi connectivity index (χ2v) is 7.01. The second-order valence-electron chi connectivity index (χ2n) is 4.97. The molecule has 0 saturated heterocycles. The van der Waals surface area contributed by atoms with E-state index in [-0.39, 0.29) is 17.1 Å². The van der Waals surface area contributed by atoms with Crippen molar-refractivity contribution in [1.29, 1.82) is 0 Å². The molecule has 0 heterocycles. The van der Waals surface area contributed by atoms with E-state index < -0.39 is 21.7 Å². The van der Waals surface area contributed by atoms with Crippen molar-refractivity contribution in [2.45, 2.75) is 17.2 Å². The maximum atomic E-state index is 12.5. The molecular formula is C16H18N2O3S. The van der Waals surface area contributed by atoms with E-state index in [9.17, 15) is 13.2 Å². The Hall–Kier alpha value is -2.18. The molecule has 0 aliphatic carbocycles. The van der Waals surface area contributed by atoms with Gasteiger partial charge in [0.2, 0.25) is 5.91 Å². The van der Waals surface area contributed by atoms with E-state index in [1.54, 1.807) is 30.3 Å². The van der Waals surface area contributed by atoms with Crippen molar-refractivity contribution in [3.63, 3.8) is 0 Å². The zero-order valence-electron chi connectivity index (χ0n) is 12.0. The molecular weight excluding hydrogens is 300 g/mol. The zero-order valence-corrected chi connectivity index (χ0v) is 12.8. The van der Waals surface area contributed by atoms with Crippen molar-refractivity contribution in [1.82, 2.24) is 5.43 Å². The smallest absolute Gasteiger partial charge is 0.234 e. The van der Waals surface area contributed by atoms with Gasteiger partial charge in [-0.05, 0) is 17.7 Å². The standard InChI is InChI=1S/C16H18N2O3S/c17-18-16(19)11-14(13-7-3-1-4-8-13)12-22(20,21)15-9-5-2-6-10-15/h1-10,14H,11-12,17H2,(H,18,19). The van der Waals surface area contributed by atoms with Crippen LogP contribution in [0.4, 0.5) is 0 Å². The summed E-state index contributed by atoms with van der Waals surface area (Å²) in [5.41, 5.74) is 2.85. The van der Waals surface area contributed by atoms with Gasteiger partial charge in [0.05, 0.1) is 10.6 Å². The molecule has 1 atom stereocenters. The average Bonchev–Trinajstić information content (AvgIpc) is 2.55. The summed E-state index contributed by atoms with van der Waals surface area (Å²) < 4.78 is 25.0. The molecule has 0 bridgehead atoms. The molecule has 1 unspecified atom stereocenters. The number of benzene rings is 2. The molecule has 2 aromatic carbocycles. The molecule has 1 amide bonds. The molecule has 0 radical (unpaired) electrons. The second kappa shape index (κ2) is 7.20. The van der Waals surface area contributed by atoms with Gasteiger partial charge in [-0.25, -0.2) is 14.3 Å². The summed E-state index contributed by atoms with van der Waals surface area (Å²) in [5.74, 6) is 4.14. The minimum Gasteiger partial charge on any atom is -0.294 e. The van der Waals surface area contributed by atoms with Gasteiger partial charge in [-0.15, -0.1) is 0 Å².